The average molecular weight is 255 g/mol. The van der Waals surface area contributed by atoms with Gasteiger partial charge in [-0.3, -0.25) is 4.90 Å². The maximum atomic E-state index is 11.5. The maximum Gasteiger partial charge on any atom is 0.127 e. The quantitative estimate of drug-likeness (QED) is 0.723. The van der Waals surface area contributed by atoms with Gasteiger partial charge in [-0.15, -0.1) is 0 Å². The minimum absolute atomic E-state index is 0.0250. The average Bonchev–Trinajstić information content (AvgIpc) is 2.35. The molecule has 1 aliphatic heterocycles. The molecule has 1 atom stereocenters. The molecule has 0 spiro atoms. The zero-order valence-corrected chi connectivity index (χ0v) is 12.0. The van der Waals surface area contributed by atoms with Crippen LogP contribution in [0.15, 0.2) is 0 Å². The molecule has 0 aromatic carbocycles. The summed E-state index contributed by atoms with van der Waals surface area (Å²) < 4.78 is 0. The molecule has 0 bridgehead atoms. The molecule has 0 aromatic rings. The molecule has 3 heteroatoms. The Kier molecular flexibility index (Phi) is 4.53. The van der Waals surface area contributed by atoms with Crippen LogP contribution in [0.25, 0.3) is 0 Å². The van der Waals surface area contributed by atoms with Crippen LogP contribution in [0.4, 0.5) is 0 Å². The van der Waals surface area contributed by atoms with Gasteiger partial charge >= 0.3 is 0 Å². The first-order valence-electron chi connectivity index (χ1n) is 6.93. The lowest BCUT2D eigenvalue weighted by Crippen LogP contribution is -2.48. The fraction of sp³-hybridized carbons (Fsp3) is 0.929. The monoisotopic (exact) mass is 255 g/mol. The standard InChI is InChI=1S/C14H25NOS/c1-12-3-5-14(11-16,6-4-12)10-15-7-8-17-9-13(15)2/h11-13H,3-10H2,1-2H3. The van der Waals surface area contributed by atoms with Gasteiger partial charge in [0, 0.05) is 36.1 Å². The van der Waals surface area contributed by atoms with Crippen LogP contribution in [0.3, 0.4) is 0 Å². The molecule has 0 N–H and O–H groups in total. The summed E-state index contributed by atoms with van der Waals surface area (Å²) in [7, 11) is 0. The minimum atomic E-state index is -0.0250. The predicted octanol–water partition coefficient (Wildman–Crippen LogP) is 2.82. The second-order valence-corrected chi connectivity index (χ2v) is 7.21. The van der Waals surface area contributed by atoms with Crippen LogP contribution in [-0.4, -0.2) is 41.8 Å². The van der Waals surface area contributed by atoms with Crippen molar-refractivity contribution in [2.75, 3.05) is 24.6 Å². The Morgan fingerprint density at radius 3 is 2.65 bits per heavy atom. The van der Waals surface area contributed by atoms with E-state index in [0.29, 0.717) is 6.04 Å². The molecule has 0 aromatic heterocycles. The van der Waals surface area contributed by atoms with Gasteiger partial charge < -0.3 is 4.79 Å². The van der Waals surface area contributed by atoms with E-state index in [9.17, 15) is 4.79 Å². The Hall–Kier alpha value is -0.0200. The molecular weight excluding hydrogens is 230 g/mol. The molecule has 0 amide bonds. The van der Waals surface area contributed by atoms with Crippen molar-refractivity contribution >= 4 is 18.0 Å². The first-order chi connectivity index (χ1) is 8.15. The zero-order chi connectivity index (χ0) is 12.3. The minimum Gasteiger partial charge on any atom is -0.303 e. The Labute approximate surface area is 110 Å². The third-order valence-corrected chi connectivity index (χ3v) is 5.73. The summed E-state index contributed by atoms with van der Waals surface area (Å²) in [4.78, 5) is 14.1. The molecule has 2 fully saturated rings. The van der Waals surface area contributed by atoms with Crippen LogP contribution < -0.4 is 0 Å². The molecule has 1 unspecified atom stereocenters. The van der Waals surface area contributed by atoms with E-state index in [1.54, 1.807) is 0 Å². The van der Waals surface area contributed by atoms with Crippen molar-refractivity contribution in [1.82, 2.24) is 4.90 Å². The Balaban J connectivity index is 1.96. The topological polar surface area (TPSA) is 20.3 Å². The Morgan fingerprint density at radius 2 is 2.06 bits per heavy atom. The Morgan fingerprint density at radius 1 is 1.35 bits per heavy atom. The van der Waals surface area contributed by atoms with Gasteiger partial charge in [-0.2, -0.15) is 11.8 Å². The third-order valence-electron chi connectivity index (χ3n) is 4.54. The van der Waals surface area contributed by atoms with E-state index < -0.39 is 0 Å². The van der Waals surface area contributed by atoms with Crippen LogP contribution in [-0.2, 0) is 4.79 Å². The lowest BCUT2D eigenvalue weighted by Gasteiger charge is -2.42. The van der Waals surface area contributed by atoms with Crippen molar-refractivity contribution in [3.63, 3.8) is 0 Å². The van der Waals surface area contributed by atoms with E-state index in [1.807, 2.05) is 11.8 Å². The molecule has 98 valence electrons. The van der Waals surface area contributed by atoms with Crippen molar-refractivity contribution in [1.29, 1.82) is 0 Å². The second-order valence-electron chi connectivity index (χ2n) is 6.06. The molecule has 17 heavy (non-hydrogen) atoms. The maximum absolute atomic E-state index is 11.5. The van der Waals surface area contributed by atoms with Crippen LogP contribution in [0.1, 0.15) is 39.5 Å². The summed E-state index contributed by atoms with van der Waals surface area (Å²) in [5.74, 6) is 3.28. The molecule has 1 heterocycles. The van der Waals surface area contributed by atoms with Crippen molar-refractivity contribution in [3.05, 3.63) is 0 Å². The highest BCUT2D eigenvalue weighted by Gasteiger charge is 2.37. The number of thioether (sulfide) groups is 1. The summed E-state index contributed by atoms with van der Waals surface area (Å²) in [6.45, 7) is 6.78. The number of nitrogens with zero attached hydrogens (tertiary/aromatic N) is 1. The van der Waals surface area contributed by atoms with E-state index in [-0.39, 0.29) is 5.41 Å². The number of aldehydes is 1. The molecular formula is C14H25NOS. The van der Waals surface area contributed by atoms with Gasteiger partial charge in [-0.1, -0.05) is 6.92 Å². The van der Waals surface area contributed by atoms with Gasteiger partial charge in [0.1, 0.15) is 6.29 Å². The normalized spacial score (nSPS) is 40.1. The van der Waals surface area contributed by atoms with Gasteiger partial charge in [0.25, 0.3) is 0 Å². The SMILES string of the molecule is CC1CCC(C=O)(CN2CCSCC2C)CC1. The van der Waals surface area contributed by atoms with E-state index >= 15 is 0 Å². The van der Waals surface area contributed by atoms with Crippen molar-refractivity contribution in [3.8, 4) is 0 Å². The zero-order valence-electron chi connectivity index (χ0n) is 11.2. The highest BCUT2D eigenvalue weighted by Crippen LogP contribution is 2.38. The molecule has 1 aliphatic carbocycles. The third kappa shape index (κ3) is 3.25. The summed E-state index contributed by atoms with van der Waals surface area (Å²) in [5, 5.41) is 0. The lowest BCUT2D eigenvalue weighted by atomic mass is 9.71. The van der Waals surface area contributed by atoms with Gasteiger partial charge in [-0.25, -0.2) is 0 Å². The predicted molar refractivity (Wildman–Crippen MR) is 74.5 cm³/mol. The van der Waals surface area contributed by atoms with Gasteiger partial charge in [-0.05, 0) is 38.5 Å². The van der Waals surface area contributed by atoms with Crippen LogP contribution >= 0.6 is 11.8 Å². The highest BCUT2D eigenvalue weighted by atomic mass is 32.2. The van der Waals surface area contributed by atoms with Crippen LogP contribution in [0, 0.1) is 11.3 Å². The van der Waals surface area contributed by atoms with Crippen molar-refractivity contribution in [2.45, 2.75) is 45.6 Å². The molecule has 2 rings (SSSR count). The summed E-state index contributed by atoms with van der Waals surface area (Å²) in [6, 6.07) is 0.643. The van der Waals surface area contributed by atoms with Crippen molar-refractivity contribution < 1.29 is 4.79 Å². The number of carbonyl (C=O) groups is 1. The highest BCUT2D eigenvalue weighted by molar-refractivity contribution is 7.99. The smallest absolute Gasteiger partial charge is 0.127 e. The molecule has 2 nitrogen and oxygen atoms in total. The van der Waals surface area contributed by atoms with Gasteiger partial charge in [0.2, 0.25) is 0 Å². The van der Waals surface area contributed by atoms with Gasteiger partial charge in [0.05, 0.1) is 0 Å². The van der Waals surface area contributed by atoms with Crippen molar-refractivity contribution in [2.24, 2.45) is 11.3 Å². The number of carbonyl (C=O) groups excluding carboxylic acids is 1. The first kappa shape index (κ1) is 13.4. The molecule has 1 saturated carbocycles. The molecule has 1 saturated heterocycles. The van der Waals surface area contributed by atoms with E-state index in [4.69, 9.17) is 0 Å². The van der Waals surface area contributed by atoms with E-state index in [1.165, 1.54) is 30.6 Å². The molecule has 0 radical (unpaired) electrons. The van der Waals surface area contributed by atoms with Gasteiger partial charge in [0.15, 0.2) is 0 Å². The van der Waals surface area contributed by atoms with Crippen LogP contribution in [0.2, 0.25) is 0 Å². The fourth-order valence-corrected chi connectivity index (χ4v) is 4.13. The summed E-state index contributed by atoms with van der Waals surface area (Å²) >= 11 is 2.05. The first-order valence-corrected chi connectivity index (χ1v) is 8.09. The van der Waals surface area contributed by atoms with Crippen LogP contribution in [0.5, 0.6) is 0 Å². The Bertz CT molecular complexity index is 261. The fourth-order valence-electron chi connectivity index (χ4n) is 3.05. The van der Waals surface area contributed by atoms with E-state index in [0.717, 1.165) is 31.8 Å². The van der Waals surface area contributed by atoms with E-state index in [2.05, 4.69) is 18.7 Å². The summed E-state index contributed by atoms with van der Waals surface area (Å²) in [5.41, 5.74) is -0.0250. The lowest BCUT2D eigenvalue weighted by molar-refractivity contribution is -0.119. The summed E-state index contributed by atoms with van der Waals surface area (Å²) in [6.07, 6.45) is 5.95. The largest absolute Gasteiger partial charge is 0.303 e. The molecule has 2 aliphatic rings. The number of rotatable bonds is 3. The second kappa shape index (κ2) is 5.75. The number of hydrogen-bond donors (Lipinski definition) is 0. The number of hydrogen-bond acceptors (Lipinski definition) is 3.